The molecule has 31 heavy (non-hydrogen) atoms. The summed E-state index contributed by atoms with van der Waals surface area (Å²) in [5.41, 5.74) is 0.438. The summed E-state index contributed by atoms with van der Waals surface area (Å²) in [7, 11) is 2.94. The third-order valence-corrected chi connectivity index (χ3v) is 5.87. The summed E-state index contributed by atoms with van der Waals surface area (Å²) in [6.07, 6.45) is -0.684. The molecule has 0 saturated carbocycles. The van der Waals surface area contributed by atoms with E-state index >= 15 is 0 Å². The summed E-state index contributed by atoms with van der Waals surface area (Å²) in [6.45, 7) is 2.71. The zero-order valence-corrected chi connectivity index (χ0v) is 17.5. The normalized spacial score (nSPS) is 24.1. The van der Waals surface area contributed by atoms with Crippen LogP contribution in [-0.2, 0) is 20.9 Å². The minimum absolute atomic E-state index is 0.143. The third-order valence-electron chi connectivity index (χ3n) is 5.87. The third kappa shape index (κ3) is 4.05. The van der Waals surface area contributed by atoms with Crippen LogP contribution in [0.4, 0.5) is 9.18 Å². The summed E-state index contributed by atoms with van der Waals surface area (Å²) < 4.78 is 19.1. The van der Waals surface area contributed by atoms with Crippen LogP contribution in [0.2, 0.25) is 0 Å². The lowest BCUT2D eigenvalue weighted by Crippen LogP contribution is -2.64. The first-order valence-corrected chi connectivity index (χ1v) is 10.1. The largest absolute Gasteiger partial charge is 0.468 e. The van der Waals surface area contributed by atoms with E-state index in [4.69, 9.17) is 9.73 Å². The summed E-state index contributed by atoms with van der Waals surface area (Å²) in [5.74, 6) is -0.565. The molecular weight excluding hydrogens is 407 g/mol. The molecule has 10 nitrogen and oxygen atoms in total. The van der Waals surface area contributed by atoms with Gasteiger partial charge in [0.25, 0.3) is 5.91 Å². The Hall–Kier alpha value is -3.21. The number of urea groups is 1. The van der Waals surface area contributed by atoms with Crippen LogP contribution in [-0.4, -0.2) is 103 Å². The van der Waals surface area contributed by atoms with Crippen molar-refractivity contribution in [2.75, 3.05) is 46.9 Å². The zero-order valence-electron chi connectivity index (χ0n) is 17.5. The maximum Gasteiger partial charge on any atom is 0.325 e. The molecule has 0 aliphatic carbocycles. The number of nitrogens with one attached hydrogen (secondary N) is 1. The van der Waals surface area contributed by atoms with Crippen LogP contribution in [0.15, 0.2) is 29.3 Å². The second-order valence-corrected chi connectivity index (χ2v) is 7.75. The van der Waals surface area contributed by atoms with E-state index in [9.17, 15) is 18.8 Å². The standard InChI is InChI=1S/C20H25FN6O4/c1-24-17-16(18(29)23-20(24)30)27(11-13-5-3-4-6-14(13)21)19(22-17)26-9-7-25(8-10-26)12-15(28)31-2/h3-6,16-17H,7-12H2,1-2H3,(H,23,29,30). The summed E-state index contributed by atoms with van der Waals surface area (Å²) in [5, 5.41) is 2.35. The van der Waals surface area contributed by atoms with Gasteiger partial charge in [-0.15, -0.1) is 0 Å². The van der Waals surface area contributed by atoms with Crippen LogP contribution in [0.5, 0.6) is 0 Å². The number of benzene rings is 1. The molecule has 0 bridgehead atoms. The van der Waals surface area contributed by atoms with Crippen molar-refractivity contribution < 1.29 is 23.5 Å². The van der Waals surface area contributed by atoms with Crippen molar-refractivity contribution in [3.63, 3.8) is 0 Å². The number of aliphatic imine (C=N–C) groups is 1. The maximum absolute atomic E-state index is 14.4. The van der Waals surface area contributed by atoms with E-state index in [2.05, 4.69) is 5.32 Å². The molecule has 166 valence electrons. The zero-order chi connectivity index (χ0) is 22.1. The van der Waals surface area contributed by atoms with Crippen molar-refractivity contribution >= 4 is 23.9 Å². The Morgan fingerprint density at radius 2 is 1.94 bits per heavy atom. The van der Waals surface area contributed by atoms with Gasteiger partial charge in [-0.1, -0.05) is 18.2 Å². The van der Waals surface area contributed by atoms with Gasteiger partial charge in [0.2, 0.25) is 0 Å². The number of halogens is 1. The highest BCUT2D eigenvalue weighted by Gasteiger charge is 2.50. The lowest BCUT2D eigenvalue weighted by atomic mass is 10.1. The molecule has 0 spiro atoms. The monoisotopic (exact) mass is 432 g/mol. The van der Waals surface area contributed by atoms with Gasteiger partial charge in [0.05, 0.1) is 13.7 Å². The van der Waals surface area contributed by atoms with Gasteiger partial charge in [-0.25, -0.2) is 14.2 Å². The molecule has 1 N–H and O–H groups in total. The Kier molecular flexibility index (Phi) is 5.77. The predicted octanol–water partition coefficient (Wildman–Crippen LogP) is -0.336. The second-order valence-electron chi connectivity index (χ2n) is 7.75. The van der Waals surface area contributed by atoms with E-state index < -0.39 is 24.1 Å². The van der Waals surface area contributed by atoms with E-state index in [0.29, 0.717) is 37.7 Å². The molecule has 1 aromatic carbocycles. The van der Waals surface area contributed by atoms with Crippen molar-refractivity contribution in [1.29, 1.82) is 0 Å². The lowest BCUT2D eigenvalue weighted by Gasteiger charge is -2.40. The number of piperazine rings is 1. The molecule has 0 aromatic heterocycles. The number of esters is 1. The first-order valence-electron chi connectivity index (χ1n) is 10.1. The van der Waals surface area contributed by atoms with Crippen LogP contribution < -0.4 is 5.32 Å². The van der Waals surface area contributed by atoms with E-state index in [1.165, 1.54) is 18.1 Å². The van der Waals surface area contributed by atoms with Gasteiger partial charge in [-0.05, 0) is 6.07 Å². The highest BCUT2D eigenvalue weighted by molar-refractivity contribution is 6.03. The minimum atomic E-state index is -0.745. The Labute approximate surface area is 179 Å². The number of rotatable bonds is 4. The van der Waals surface area contributed by atoms with E-state index in [0.717, 1.165) is 0 Å². The fourth-order valence-corrected chi connectivity index (χ4v) is 4.11. The van der Waals surface area contributed by atoms with Gasteiger partial charge >= 0.3 is 12.0 Å². The summed E-state index contributed by atoms with van der Waals surface area (Å²) in [4.78, 5) is 48.2. The molecule has 3 amide bonds. The Morgan fingerprint density at radius 3 is 2.61 bits per heavy atom. The molecule has 2 atom stereocenters. The van der Waals surface area contributed by atoms with Crippen LogP contribution in [0, 0.1) is 5.82 Å². The number of methoxy groups -OCH3 is 1. The van der Waals surface area contributed by atoms with Gasteiger partial charge in [0.1, 0.15) is 5.82 Å². The minimum Gasteiger partial charge on any atom is -0.468 e. The average Bonchev–Trinajstić information content (AvgIpc) is 3.14. The van der Waals surface area contributed by atoms with E-state index in [1.807, 2.05) is 9.80 Å². The van der Waals surface area contributed by atoms with Crippen LogP contribution in [0.25, 0.3) is 0 Å². The van der Waals surface area contributed by atoms with Crippen molar-refractivity contribution in [2.45, 2.75) is 18.8 Å². The molecule has 0 radical (unpaired) electrons. The van der Waals surface area contributed by atoms with Crippen molar-refractivity contribution in [3.05, 3.63) is 35.6 Å². The number of hydrogen-bond donors (Lipinski definition) is 1. The van der Waals surface area contributed by atoms with Crippen LogP contribution in [0.3, 0.4) is 0 Å². The predicted molar refractivity (Wildman–Crippen MR) is 108 cm³/mol. The number of ether oxygens (including phenoxy) is 1. The molecule has 3 aliphatic rings. The lowest BCUT2D eigenvalue weighted by molar-refractivity contribution is -0.142. The number of imide groups is 1. The second kappa shape index (κ2) is 8.50. The highest BCUT2D eigenvalue weighted by Crippen LogP contribution is 2.28. The van der Waals surface area contributed by atoms with Gasteiger partial charge in [-0.3, -0.25) is 19.8 Å². The van der Waals surface area contributed by atoms with Crippen molar-refractivity contribution in [1.82, 2.24) is 24.9 Å². The summed E-state index contributed by atoms with van der Waals surface area (Å²) in [6, 6.07) is 5.15. The molecule has 11 heteroatoms. The maximum atomic E-state index is 14.4. The van der Waals surface area contributed by atoms with Gasteiger partial charge in [0.15, 0.2) is 18.2 Å². The van der Waals surface area contributed by atoms with E-state index in [-0.39, 0.29) is 24.9 Å². The first kappa shape index (κ1) is 21.0. The Morgan fingerprint density at radius 1 is 1.23 bits per heavy atom. The first-order chi connectivity index (χ1) is 14.9. The molecule has 1 aromatic rings. The summed E-state index contributed by atoms with van der Waals surface area (Å²) >= 11 is 0. The van der Waals surface area contributed by atoms with Crippen molar-refractivity contribution in [3.8, 4) is 0 Å². The van der Waals surface area contributed by atoms with Gasteiger partial charge in [-0.2, -0.15) is 0 Å². The number of guanidine groups is 1. The average molecular weight is 432 g/mol. The molecular formula is C20H25FN6O4. The molecule has 4 rings (SSSR count). The topological polar surface area (TPSA) is 97.8 Å². The van der Waals surface area contributed by atoms with Gasteiger partial charge in [0, 0.05) is 45.3 Å². The quantitative estimate of drug-likeness (QED) is 0.651. The number of carbonyl (C=O) groups excluding carboxylic acids is 3. The Bertz CT molecular complexity index is 917. The number of amides is 3. The number of hydrogen-bond acceptors (Lipinski definition) is 8. The van der Waals surface area contributed by atoms with Crippen LogP contribution >= 0.6 is 0 Å². The van der Waals surface area contributed by atoms with Crippen LogP contribution in [0.1, 0.15) is 5.56 Å². The molecule has 2 unspecified atom stereocenters. The van der Waals surface area contributed by atoms with Crippen molar-refractivity contribution in [2.24, 2.45) is 4.99 Å². The fourth-order valence-electron chi connectivity index (χ4n) is 4.11. The molecule has 2 saturated heterocycles. The fraction of sp³-hybridized carbons (Fsp3) is 0.500. The number of nitrogens with zero attached hydrogens (tertiary/aromatic N) is 5. The number of likely N-dealkylation sites (N-methyl/N-ethyl adjacent to an activating group) is 1. The number of fused-ring (bicyclic) bond motifs is 1. The Balaban J connectivity index is 1.58. The molecule has 3 heterocycles. The molecule has 3 aliphatic heterocycles. The van der Waals surface area contributed by atoms with E-state index in [1.54, 1.807) is 30.1 Å². The smallest absolute Gasteiger partial charge is 0.325 e. The number of carbonyl (C=O) groups is 3. The SMILES string of the molecule is COC(=O)CN1CCN(C2=NC3C(C(=O)NC(=O)N3C)N2Cc2ccccc2F)CC1. The molecule has 2 fully saturated rings. The van der Waals surface area contributed by atoms with Gasteiger partial charge < -0.3 is 19.4 Å². The highest BCUT2D eigenvalue weighted by atomic mass is 19.1.